The molecule has 0 bridgehead atoms. The van der Waals surface area contributed by atoms with Gasteiger partial charge in [0.1, 0.15) is 23.0 Å². The van der Waals surface area contributed by atoms with E-state index in [2.05, 4.69) is 5.32 Å². The molecule has 1 aromatic heterocycles. The van der Waals surface area contributed by atoms with Crippen molar-refractivity contribution in [3.63, 3.8) is 0 Å². The van der Waals surface area contributed by atoms with Crippen LogP contribution in [-0.4, -0.2) is 30.4 Å². The fourth-order valence-electron chi connectivity index (χ4n) is 3.44. The number of hydrogen-bond acceptors (Lipinski definition) is 6. The summed E-state index contributed by atoms with van der Waals surface area (Å²) in [5, 5.41) is 3.13. The number of furan rings is 1. The molecule has 4 rings (SSSR count). The van der Waals surface area contributed by atoms with Gasteiger partial charge in [-0.25, -0.2) is 0 Å². The van der Waals surface area contributed by atoms with E-state index in [1.54, 1.807) is 55.6 Å². The first kappa shape index (κ1) is 21.2. The second-order valence-electron chi connectivity index (χ2n) is 7.26. The highest BCUT2D eigenvalue weighted by atomic mass is 16.5. The van der Waals surface area contributed by atoms with Crippen LogP contribution >= 0.6 is 0 Å². The van der Waals surface area contributed by atoms with Crippen molar-refractivity contribution in [2.45, 2.75) is 19.9 Å². The zero-order valence-corrected chi connectivity index (χ0v) is 18.0. The average molecular weight is 432 g/mol. The lowest BCUT2D eigenvalue weighted by molar-refractivity contribution is -0.137. The van der Waals surface area contributed by atoms with Gasteiger partial charge in [-0.2, -0.15) is 0 Å². The van der Waals surface area contributed by atoms with E-state index in [0.717, 1.165) is 6.42 Å². The molecular weight excluding hydrogens is 408 g/mol. The Morgan fingerprint density at radius 3 is 2.47 bits per heavy atom. The van der Waals surface area contributed by atoms with E-state index in [1.807, 2.05) is 19.1 Å². The maximum absolute atomic E-state index is 13.3. The quantitative estimate of drug-likeness (QED) is 0.503. The minimum absolute atomic E-state index is 0.0507. The molecule has 0 fully saturated rings. The predicted octanol–water partition coefficient (Wildman–Crippen LogP) is 4.47. The summed E-state index contributed by atoms with van der Waals surface area (Å²) in [5.74, 6) is 1.06. The highest BCUT2D eigenvalue weighted by Gasteiger charge is 2.39. The van der Waals surface area contributed by atoms with Crippen molar-refractivity contribution in [3.05, 3.63) is 83.9 Å². The van der Waals surface area contributed by atoms with Gasteiger partial charge in [0, 0.05) is 11.8 Å². The molecule has 7 nitrogen and oxygen atoms in total. The first-order valence-electron chi connectivity index (χ1n) is 10.4. The van der Waals surface area contributed by atoms with Gasteiger partial charge in [0.2, 0.25) is 0 Å². The van der Waals surface area contributed by atoms with Crippen LogP contribution in [0.1, 0.15) is 24.7 Å². The zero-order chi connectivity index (χ0) is 22.5. The van der Waals surface area contributed by atoms with Crippen LogP contribution in [0.25, 0.3) is 5.57 Å². The number of methoxy groups -OCH3 is 1. The summed E-state index contributed by atoms with van der Waals surface area (Å²) in [6.45, 7) is 2.69. The van der Waals surface area contributed by atoms with Crippen LogP contribution in [0.4, 0.5) is 5.69 Å². The number of rotatable bonds is 9. The number of nitrogens with zero attached hydrogens (tertiary/aromatic N) is 1. The standard InChI is InChI=1S/C25H24N2O5/c1-3-13-31-19-11-9-17(10-12-19)22-23(26-18-6-4-7-20(15-18)30-2)25(29)27(24(22)28)16-21-8-5-14-32-21/h4-12,14-15,26H,3,13,16H2,1-2H3. The highest BCUT2D eigenvalue weighted by molar-refractivity contribution is 6.36. The molecule has 0 saturated carbocycles. The number of nitrogens with one attached hydrogen (secondary N) is 1. The van der Waals surface area contributed by atoms with Gasteiger partial charge in [-0.1, -0.05) is 25.1 Å². The Morgan fingerprint density at radius 2 is 1.78 bits per heavy atom. The lowest BCUT2D eigenvalue weighted by atomic mass is 10.0. The number of imide groups is 1. The van der Waals surface area contributed by atoms with Gasteiger partial charge >= 0.3 is 0 Å². The van der Waals surface area contributed by atoms with E-state index in [1.165, 1.54) is 11.2 Å². The first-order valence-corrected chi connectivity index (χ1v) is 10.4. The van der Waals surface area contributed by atoms with E-state index in [0.29, 0.717) is 40.7 Å². The Balaban J connectivity index is 1.70. The number of ether oxygens (including phenoxy) is 2. The molecule has 1 N–H and O–H groups in total. The zero-order valence-electron chi connectivity index (χ0n) is 18.0. The van der Waals surface area contributed by atoms with Crippen molar-refractivity contribution in [3.8, 4) is 11.5 Å². The molecule has 0 saturated heterocycles. The second-order valence-corrected chi connectivity index (χ2v) is 7.26. The van der Waals surface area contributed by atoms with E-state index in [-0.39, 0.29) is 18.1 Å². The van der Waals surface area contributed by atoms with Gasteiger partial charge < -0.3 is 19.2 Å². The van der Waals surface area contributed by atoms with E-state index in [4.69, 9.17) is 13.9 Å². The Hall–Kier alpha value is -4.00. The van der Waals surface area contributed by atoms with Crippen molar-refractivity contribution >= 4 is 23.1 Å². The molecule has 3 aromatic rings. The van der Waals surface area contributed by atoms with Crippen molar-refractivity contribution in [1.29, 1.82) is 0 Å². The number of anilines is 1. The summed E-state index contributed by atoms with van der Waals surface area (Å²) in [5.41, 5.74) is 1.77. The minimum atomic E-state index is -0.421. The number of carbonyl (C=O) groups is 2. The minimum Gasteiger partial charge on any atom is -0.497 e. The van der Waals surface area contributed by atoms with Gasteiger partial charge in [-0.15, -0.1) is 0 Å². The molecule has 164 valence electrons. The summed E-state index contributed by atoms with van der Waals surface area (Å²) < 4.78 is 16.3. The topological polar surface area (TPSA) is 81.0 Å². The van der Waals surface area contributed by atoms with Gasteiger partial charge in [-0.05, 0) is 48.4 Å². The van der Waals surface area contributed by atoms with Crippen LogP contribution in [0.3, 0.4) is 0 Å². The van der Waals surface area contributed by atoms with Crippen molar-refractivity contribution in [2.75, 3.05) is 19.0 Å². The molecule has 32 heavy (non-hydrogen) atoms. The molecule has 2 heterocycles. The van der Waals surface area contributed by atoms with E-state index >= 15 is 0 Å². The molecule has 0 radical (unpaired) electrons. The van der Waals surface area contributed by atoms with Gasteiger partial charge in [0.15, 0.2) is 0 Å². The lowest BCUT2D eigenvalue weighted by Crippen LogP contribution is -2.31. The third-order valence-corrected chi connectivity index (χ3v) is 5.02. The number of benzene rings is 2. The summed E-state index contributed by atoms with van der Waals surface area (Å²) in [6, 6.07) is 17.8. The van der Waals surface area contributed by atoms with Gasteiger partial charge in [-0.3, -0.25) is 14.5 Å². The summed E-state index contributed by atoms with van der Waals surface area (Å²) in [4.78, 5) is 27.8. The molecule has 2 aromatic carbocycles. The average Bonchev–Trinajstić information content (AvgIpc) is 3.41. The molecule has 0 unspecified atom stereocenters. The number of hydrogen-bond donors (Lipinski definition) is 1. The summed E-state index contributed by atoms with van der Waals surface area (Å²) >= 11 is 0. The Kier molecular flexibility index (Phi) is 6.26. The first-order chi connectivity index (χ1) is 15.6. The van der Waals surface area contributed by atoms with Crippen molar-refractivity contribution in [1.82, 2.24) is 4.90 Å². The van der Waals surface area contributed by atoms with Crippen LogP contribution < -0.4 is 14.8 Å². The molecule has 1 aliphatic heterocycles. The fraction of sp³-hybridized carbons (Fsp3) is 0.200. The van der Waals surface area contributed by atoms with Crippen LogP contribution in [0.5, 0.6) is 11.5 Å². The summed E-state index contributed by atoms with van der Waals surface area (Å²) in [6.07, 6.45) is 2.41. The smallest absolute Gasteiger partial charge is 0.278 e. The van der Waals surface area contributed by atoms with Crippen LogP contribution in [-0.2, 0) is 16.1 Å². The Morgan fingerprint density at radius 1 is 0.969 bits per heavy atom. The van der Waals surface area contributed by atoms with Gasteiger partial charge in [0.25, 0.3) is 11.8 Å². The molecule has 2 amide bonds. The van der Waals surface area contributed by atoms with Gasteiger partial charge in [0.05, 0.1) is 32.1 Å². The number of amides is 2. The Labute approximate surface area is 186 Å². The second kappa shape index (κ2) is 9.43. The third-order valence-electron chi connectivity index (χ3n) is 5.02. The largest absolute Gasteiger partial charge is 0.497 e. The molecular formula is C25H24N2O5. The van der Waals surface area contributed by atoms with Crippen LogP contribution in [0, 0.1) is 0 Å². The number of carbonyl (C=O) groups excluding carboxylic acids is 2. The van der Waals surface area contributed by atoms with Crippen LogP contribution in [0.15, 0.2) is 77.0 Å². The maximum Gasteiger partial charge on any atom is 0.278 e. The predicted molar refractivity (Wildman–Crippen MR) is 120 cm³/mol. The van der Waals surface area contributed by atoms with Crippen molar-refractivity contribution in [2.24, 2.45) is 0 Å². The summed E-state index contributed by atoms with van der Waals surface area (Å²) in [7, 11) is 1.57. The van der Waals surface area contributed by atoms with Crippen LogP contribution in [0.2, 0.25) is 0 Å². The fourth-order valence-corrected chi connectivity index (χ4v) is 3.44. The normalized spacial score (nSPS) is 13.6. The van der Waals surface area contributed by atoms with E-state index < -0.39 is 5.91 Å². The van der Waals surface area contributed by atoms with Crippen molar-refractivity contribution < 1.29 is 23.5 Å². The Bertz CT molecular complexity index is 1130. The molecule has 0 spiro atoms. The molecule has 7 heteroatoms. The molecule has 0 aliphatic carbocycles. The maximum atomic E-state index is 13.3. The molecule has 0 atom stereocenters. The lowest BCUT2D eigenvalue weighted by Gasteiger charge is -2.14. The SMILES string of the molecule is CCCOc1ccc(C2=C(Nc3cccc(OC)c3)C(=O)N(Cc3ccco3)C2=O)cc1. The third kappa shape index (κ3) is 4.37. The molecule has 1 aliphatic rings. The monoisotopic (exact) mass is 432 g/mol. The van der Waals surface area contributed by atoms with E-state index in [9.17, 15) is 9.59 Å². The highest BCUT2D eigenvalue weighted by Crippen LogP contribution is 2.33.